The van der Waals surface area contributed by atoms with Crippen LogP contribution in [0.1, 0.15) is 37.0 Å². The molecule has 1 fully saturated rings. The lowest BCUT2D eigenvalue weighted by Crippen LogP contribution is -2.31. The van der Waals surface area contributed by atoms with Gasteiger partial charge in [0, 0.05) is 0 Å². The molecule has 92 valence electrons. The highest BCUT2D eigenvalue weighted by atomic mass is 16.5. The summed E-state index contributed by atoms with van der Waals surface area (Å²) in [6, 6.07) is 7.46. The van der Waals surface area contributed by atoms with Gasteiger partial charge in [-0.1, -0.05) is 12.1 Å². The van der Waals surface area contributed by atoms with Crippen molar-refractivity contribution in [1.82, 2.24) is 5.32 Å². The highest BCUT2D eigenvalue weighted by Gasteiger charge is 2.25. The summed E-state index contributed by atoms with van der Waals surface area (Å²) in [5, 5.41) is 3.23. The molecule has 1 unspecified atom stereocenters. The summed E-state index contributed by atoms with van der Waals surface area (Å²) in [6.07, 6.45) is 2.08. The van der Waals surface area contributed by atoms with E-state index in [4.69, 9.17) is 4.74 Å². The minimum Gasteiger partial charge on any atom is -0.490 e. The number of hydrogen-bond acceptors (Lipinski definition) is 3. The van der Waals surface area contributed by atoms with Gasteiger partial charge in [0.05, 0.1) is 17.7 Å². The Kier molecular flexibility index (Phi) is 3.79. The van der Waals surface area contributed by atoms with Crippen molar-refractivity contribution >= 4 is 5.78 Å². The quantitative estimate of drug-likeness (QED) is 0.812. The maximum absolute atomic E-state index is 12.3. The molecule has 0 amide bonds. The summed E-state index contributed by atoms with van der Waals surface area (Å²) >= 11 is 0. The maximum Gasteiger partial charge on any atom is 0.183 e. The summed E-state index contributed by atoms with van der Waals surface area (Å²) in [6.45, 7) is 4.87. The van der Waals surface area contributed by atoms with E-state index in [2.05, 4.69) is 5.32 Å². The molecule has 1 aromatic rings. The Balaban J connectivity index is 2.21. The van der Waals surface area contributed by atoms with Crippen LogP contribution in [0.5, 0.6) is 5.75 Å². The molecule has 2 rings (SSSR count). The molecular formula is C14H19NO2. The number of ether oxygens (including phenoxy) is 1. The van der Waals surface area contributed by atoms with E-state index in [-0.39, 0.29) is 17.9 Å². The van der Waals surface area contributed by atoms with Crippen LogP contribution in [0, 0.1) is 0 Å². The zero-order valence-electron chi connectivity index (χ0n) is 10.4. The van der Waals surface area contributed by atoms with Crippen LogP contribution in [-0.2, 0) is 0 Å². The molecule has 1 aliphatic rings. The number of ketones is 1. The van der Waals surface area contributed by atoms with Gasteiger partial charge >= 0.3 is 0 Å². The SMILES string of the molecule is CC(C)Oc1ccccc1C(=O)C1CCCN1. The molecule has 1 atom stereocenters. The fourth-order valence-electron chi connectivity index (χ4n) is 2.12. The molecule has 0 aromatic heterocycles. The molecule has 3 heteroatoms. The largest absolute Gasteiger partial charge is 0.490 e. The summed E-state index contributed by atoms with van der Waals surface area (Å²) in [5.74, 6) is 0.847. The highest BCUT2D eigenvalue weighted by molar-refractivity contribution is 6.02. The van der Waals surface area contributed by atoms with Gasteiger partial charge in [-0.15, -0.1) is 0 Å². The normalized spacial score (nSPS) is 19.6. The Morgan fingerprint density at radius 2 is 2.18 bits per heavy atom. The van der Waals surface area contributed by atoms with Crippen LogP contribution < -0.4 is 10.1 Å². The van der Waals surface area contributed by atoms with Gasteiger partial charge in [0.2, 0.25) is 0 Å². The second kappa shape index (κ2) is 5.32. The number of para-hydroxylation sites is 1. The van der Waals surface area contributed by atoms with E-state index in [1.807, 2.05) is 38.1 Å². The van der Waals surface area contributed by atoms with E-state index < -0.39 is 0 Å². The summed E-state index contributed by atoms with van der Waals surface area (Å²) in [5.41, 5.74) is 0.695. The predicted octanol–water partition coefficient (Wildman–Crippen LogP) is 2.41. The second-order valence-corrected chi connectivity index (χ2v) is 4.68. The first-order valence-electron chi connectivity index (χ1n) is 6.22. The van der Waals surface area contributed by atoms with Gasteiger partial charge in [-0.25, -0.2) is 0 Å². The van der Waals surface area contributed by atoms with Gasteiger partial charge in [0.15, 0.2) is 5.78 Å². The smallest absolute Gasteiger partial charge is 0.183 e. The second-order valence-electron chi connectivity index (χ2n) is 4.68. The standard InChI is InChI=1S/C14H19NO2/c1-10(2)17-13-8-4-3-6-11(13)14(16)12-7-5-9-15-12/h3-4,6,8,10,12,15H,5,7,9H2,1-2H3. The number of carbonyl (C=O) groups excluding carboxylic acids is 1. The lowest BCUT2D eigenvalue weighted by atomic mass is 10.0. The third-order valence-corrected chi connectivity index (χ3v) is 2.89. The first-order valence-corrected chi connectivity index (χ1v) is 6.22. The molecule has 0 saturated carbocycles. The first-order chi connectivity index (χ1) is 8.18. The molecule has 0 bridgehead atoms. The van der Waals surface area contributed by atoms with Crippen LogP contribution >= 0.6 is 0 Å². The van der Waals surface area contributed by atoms with Crippen LogP contribution in [0.3, 0.4) is 0 Å². The summed E-state index contributed by atoms with van der Waals surface area (Å²) < 4.78 is 5.68. The van der Waals surface area contributed by atoms with Gasteiger partial charge in [-0.05, 0) is 45.4 Å². The molecule has 1 aliphatic heterocycles. The van der Waals surface area contributed by atoms with E-state index in [1.165, 1.54) is 0 Å². The number of rotatable bonds is 4. The van der Waals surface area contributed by atoms with E-state index in [9.17, 15) is 4.79 Å². The number of benzene rings is 1. The van der Waals surface area contributed by atoms with Crippen molar-refractivity contribution in [3.63, 3.8) is 0 Å². The van der Waals surface area contributed by atoms with Crippen molar-refractivity contribution in [2.24, 2.45) is 0 Å². The first kappa shape index (κ1) is 12.1. The van der Waals surface area contributed by atoms with Crippen molar-refractivity contribution < 1.29 is 9.53 Å². The Morgan fingerprint density at radius 3 is 2.82 bits per heavy atom. The lowest BCUT2D eigenvalue weighted by Gasteiger charge is -2.15. The van der Waals surface area contributed by atoms with Gasteiger partial charge < -0.3 is 10.1 Å². The van der Waals surface area contributed by atoms with Gasteiger partial charge in [-0.2, -0.15) is 0 Å². The maximum atomic E-state index is 12.3. The molecule has 1 N–H and O–H groups in total. The third kappa shape index (κ3) is 2.86. The predicted molar refractivity (Wildman–Crippen MR) is 67.6 cm³/mol. The Hall–Kier alpha value is -1.35. The van der Waals surface area contributed by atoms with Gasteiger partial charge in [0.25, 0.3) is 0 Å². The van der Waals surface area contributed by atoms with Crippen LogP contribution in [-0.4, -0.2) is 24.5 Å². The number of hydrogen-bond donors (Lipinski definition) is 1. The minimum absolute atomic E-state index is 0.0353. The average molecular weight is 233 g/mol. The molecule has 17 heavy (non-hydrogen) atoms. The summed E-state index contributed by atoms with van der Waals surface area (Å²) in [4.78, 5) is 12.3. The van der Waals surface area contributed by atoms with E-state index in [1.54, 1.807) is 0 Å². The third-order valence-electron chi connectivity index (χ3n) is 2.89. The van der Waals surface area contributed by atoms with Crippen LogP contribution in [0.25, 0.3) is 0 Å². The van der Waals surface area contributed by atoms with Crippen LogP contribution in [0.4, 0.5) is 0 Å². The fourth-order valence-corrected chi connectivity index (χ4v) is 2.12. The zero-order chi connectivity index (χ0) is 12.3. The molecule has 1 aromatic carbocycles. The number of Topliss-reactive ketones (excluding diaryl/α,β-unsaturated/α-hetero) is 1. The Morgan fingerprint density at radius 1 is 1.41 bits per heavy atom. The van der Waals surface area contributed by atoms with Crippen molar-refractivity contribution in [1.29, 1.82) is 0 Å². The number of nitrogens with one attached hydrogen (secondary N) is 1. The van der Waals surface area contributed by atoms with E-state index >= 15 is 0 Å². The molecule has 0 radical (unpaired) electrons. The molecule has 3 nitrogen and oxygen atoms in total. The van der Waals surface area contributed by atoms with Gasteiger partial charge in [-0.3, -0.25) is 4.79 Å². The number of carbonyl (C=O) groups is 1. The van der Waals surface area contributed by atoms with Crippen molar-refractivity contribution in [2.45, 2.75) is 38.8 Å². The van der Waals surface area contributed by atoms with Crippen LogP contribution in [0.2, 0.25) is 0 Å². The van der Waals surface area contributed by atoms with E-state index in [0.717, 1.165) is 19.4 Å². The zero-order valence-corrected chi connectivity index (χ0v) is 10.4. The van der Waals surface area contributed by atoms with Crippen molar-refractivity contribution in [3.05, 3.63) is 29.8 Å². The topological polar surface area (TPSA) is 38.3 Å². The molecule has 0 aliphatic carbocycles. The van der Waals surface area contributed by atoms with E-state index in [0.29, 0.717) is 11.3 Å². The molecule has 1 heterocycles. The van der Waals surface area contributed by atoms with Gasteiger partial charge in [0.1, 0.15) is 5.75 Å². The minimum atomic E-state index is -0.0353. The molecule has 0 spiro atoms. The van der Waals surface area contributed by atoms with Crippen molar-refractivity contribution in [2.75, 3.05) is 6.54 Å². The highest BCUT2D eigenvalue weighted by Crippen LogP contribution is 2.23. The Labute approximate surface area is 102 Å². The fraction of sp³-hybridized carbons (Fsp3) is 0.500. The summed E-state index contributed by atoms with van der Waals surface area (Å²) in [7, 11) is 0. The lowest BCUT2D eigenvalue weighted by molar-refractivity contribution is 0.0946. The van der Waals surface area contributed by atoms with Crippen LogP contribution in [0.15, 0.2) is 24.3 Å². The molecular weight excluding hydrogens is 214 g/mol. The molecule has 1 saturated heterocycles. The average Bonchev–Trinajstić information content (AvgIpc) is 2.81. The monoisotopic (exact) mass is 233 g/mol. The van der Waals surface area contributed by atoms with Crippen molar-refractivity contribution in [3.8, 4) is 5.75 Å². The Bertz CT molecular complexity index is 395.